The fraction of sp³-hybridized carbons (Fsp3) is 0.417. The molecule has 0 spiro atoms. The number of benzene rings is 1. The molecule has 0 saturated heterocycles. The third-order valence-electron chi connectivity index (χ3n) is 2.26. The molecule has 0 aliphatic heterocycles. The summed E-state index contributed by atoms with van der Waals surface area (Å²) in [6.07, 6.45) is 0. The van der Waals surface area contributed by atoms with Crippen molar-refractivity contribution < 1.29 is 23.0 Å². The molecule has 0 aliphatic carbocycles. The van der Waals surface area contributed by atoms with E-state index in [-0.39, 0.29) is 29.9 Å². The van der Waals surface area contributed by atoms with E-state index in [1.54, 1.807) is 6.92 Å². The van der Waals surface area contributed by atoms with Crippen molar-refractivity contribution in [2.75, 3.05) is 19.8 Å². The second kappa shape index (κ2) is 7.52. The third kappa shape index (κ3) is 4.85. The molecule has 1 unspecified atom stereocenters. The summed E-state index contributed by atoms with van der Waals surface area (Å²) < 4.78 is 36.5. The minimum atomic E-state index is -0.864. The van der Waals surface area contributed by atoms with Gasteiger partial charge in [0.1, 0.15) is 18.2 Å². The van der Waals surface area contributed by atoms with E-state index < -0.39 is 23.6 Å². The van der Waals surface area contributed by atoms with E-state index in [1.165, 1.54) is 0 Å². The molecule has 0 aromatic heterocycles. The zero-order valence-corrected chi connectivity index (χ0v) is 11.9. The zero-order chi connectivity index (χ0) is 14.4. The molecule has 1 aromatic carbocycles. The number of rotatable bonds is 6. The molecule has 7 heteroatoms. The Morgan fingerprint density at radius 1 is 1.42 bits per heavy atom. The number of esters is 1. The van der Waals surface area contributed by atoms with Crippen LogP contribution < -0.4 is 5.73 Å². The molecule has 0 aliphatic rings. The minimum absolute atomic E-state index is 0.00967. The van der Waals surface area contributed by atoms with Gasteiger partial charge in [-0.2, -0.15) is 0 Å². The first-order chi connectivity index (χ1) is 8.95. The van der Waals surface area contributed by atoms with Gasteiger partial charge in [0, 0.05) is 5.56 Å². The van der Waals surface area contributed by atoms with Gasteiger partial charge in [-0.1, -0.05) is 0 Å². The van der Waals surface area contributed by atoms with E-state index in [0.29, 0.717) is 0 Å². The highest BCUT2D eigenvalue weighted by molar-refractivity contribution is 9.10. The first kappa shape index (κ1) is 16.0. The fourth-order valence-electron chi connectivity index (χ4n) is 1.38. The Bertz CT molecular complexity index is 457. The predicted molar refractivity (Wildman–Crippen MR) is 68.4 cm³/mol. The highest BCUT2D eigenvalue weighted by Crippen LogP contribution is 2.23. The van der Waals surface area contributed by atoms with Crippen molar-refractivity contribution >= 4 is 21.9 Å². The Balaban J connectivity index is 2.56. The molecule has 0 bridgehead atoms. The van der Waals surface area contributed by atoms with E-state index in [4.69, 9.17) is 10.5 Å². The first-order valence-electron chi connectivity index (χ1n) is 5.59. The lowest BCUT2D eigenvalue weighted by Crippen LogP contribution is -2.22. The summed E-state index contributed by atoms with van der Waals surface area (Å²) in [5.74, 6) is -1.78. The van der Waals surface area contributed by atoms with Crippen LogP contribution in [0, 0.1) is 11.6 Å². The van der Waals surface area contributed by atoms with Gasteiger partial charge in [-0.3, -0.25) is 0 Å². The SMILES string of the molecule is CCOC(=O)COCC(N)c1cc(F)c(Br)cc1F. The Morgan fingerprint density at radius 3 is 2.74 bits per heavy atom. The summed E-state index contributed by atoms with van der Waals surface area (Å²) >= 11 is 2.87. The monoisotopic (exact) mass is 337 g/mol. The molecule has 0 fully saturated rings. The lowest BCUT2D eigenvalue weighted by Gasteiger charge is -2.13. The maximum Gasteiger partial charge on any atom is 0.332 e. The molecule has 2 N–H and O–H groups in total. The molecule has 0 saturated carbocycles. The van der Waals surface area contributed by atoms with Crippen molar-refractivity contribution in [3.8, 4) is 0 Å². The van der Waals surface area contributed by atoms with Gasteiger partial charge in [0.25, 0.3) is 0 Å². The van der Waals surface area contributed by atoms with E-state index in [2.05, 4.69) is 20.7 Å². The summed E-state index contributed by atoms with van der Waals surface area (Å²) in [6, 6.07) is 1.13. The number of hydrogen-bond acceptors (Lipinski definition) is 4. The van der Waals surface area contributed by atoms with Crippen LogP contribution in [-0.2, 0) is 14.3 Å². The van der Waals surface area contributed by atoms with Gasteiger partial charge in [-0.15, -0.1) is 0 Å². The normalized spacial score (nSPS) is 12.3. The number of hydrogen-bond donors (Lipinski definition) is 1. The van der Waals surface area contributed by atoms with Crippen molar-refractivity contribution in [2.24, 2.45) is 5.73 Å². The van der Waals surface area contributed by atoms with Gasteiger partial charge in [0.15, 0.2) is 0 Å². The molecule has 0 amide bonds. The third-order valence-corrected chi connectivity index (χ3v) is 2.87. The zero-order valence-electron chi connectivity index (χ0n) is 10.3. The lowest BCUT2D eigenvalue weighted by molar-refractivity contribution is -0.148. The Labute approximate surface area is 118 Å². The largest absolute Gasteiger partial charge is 0.464 e. The van der Waals surface area contributed by atoms with Crippen LogP contribution in [0.4, 0.5) is 8.78 Å². The molecular formula is C12H14BrF2NO3. The maximum absolute atomic E-state index is 13.6. The molecule has 19 heavy (non-hydrogen) atoms. The Kier molecular flexibility index (Phi) is 6.33. The van der Waals surface area contributed by atoms with Crippen LogP contribution in [0.1, 0.15) is 18.5 Å². The van der Waals surface area contributed by atoms with E-state index in [9.17, 15) is 13.6 Å². The molecule has 4 nitrogen and oxygen atoms in total. The van der Waals surface area contributed by atoms with Gasteiger partial charge in [0.2, 0.25) is 0 Å². The fourth-order valence-corrected chi connectivity index (χ4v) is 1.70. The van der Waals surface area contributed by atoms with Crippen molar-refractivity contribution in [3.63, 3.8) is 0 Å². The molecular weight excluding hydrogens is 324 g/mol. The Morgan fingerprint density at radius 2 is 2.11 bits per heavy atom. The average molecular weight is 338 g/mol. The molecule has 1 rings (SSSR count). The second-order valence-corrected chi connectivity index (χ2v) is 4.57. The average Bonchev–Trinajstić information content (AvgIpc) is 2.34. The molecule has 1 aromatic rings. The summed E-state index contributed by atoms with van der Waals surface area (Å²) in [5, 5.41) is 0. The van der Waals surface area contributed by atoms with Crippen LogP contribution in [-0.4, -0.2) is 25.8 Å². The number of carbonyl (C=O) groups is 1. The molecule has 0 heterocycles. The predicted octanol–water partition coefficient (Wildman–Crippen LogP) is 2.31. The summed E-state index contributed by atoms with van der Waals surface area (Å²) in [7, 11) is 0. The highest BCUT2D eigenvalue weighted by atomic mass is 79.9. The topological polar surface area (TPSA) is 61.5 Å². The summed E-state index contributed by atoms with van der Waals surface area (Å²) in [6.45, 7) is 1.53. The second-order valence-electron chi connectivity index (χ2n) is 3.71. The Hall–Kier alpha value is -1.05. The van der Waals surface area contributed by atoms with Gasteiger partial charge in [0.05, 0.1) is 23.7 Å². The van der Waals surface area contributed by atoms with Crippen LogP contribution in [0.2, 0.25) is 0 Å². The summed E-state index contributed by atoms with van der Waals surface area (Å²) in [5.41, 5.74) is 5.67. The minimum Gasteiger partial charge on any atom is -0.464 e. The maximum atomic E-state index is 13.6. The van der Waals surface area contributed by atoms with Crippen molar-refractivity contribution in [1.29, 1.82) is 0 Å². The van der Waals surface area contributed by atoms with E-state index >= 15 is 0 Å². The smallest absolute Gasteiger partial charge is 0.332 e. The quantitative estimate of drug-likeness (QED) is 0.639. The molecule has 106 valence electrons. The number of carbonyl (C=O) groups excluding carboxylic acids is 1. The van der Waals surface area contributed by atoms with Crippen LogP contribution in [0.3, 0.4) is 0 Å². The highest BCUT2D eigenvalue weighted by Gasteiger charge is 2.15. The number of nitrogens with two attached hydrogens (primary N) is 1. The first-order valence-corrected chi connectivity index (χ1v) is 6.38. The van der Waals surface area contributed by atoms with Gasteiger partial charge in [-0.25, -0.2) is 13.6 Å². The molecule has 1 atom stereocenters. The number of halogens is 3. The van der Waals surface area contributed by atoms with Crippen LogP contribution >= 0.6 is 15.9 Å². The summed E-state index contributed by atoms with van der Waals surface area (Å²) in [4.78, 5) is 11.0. The van der Waals surface area contributed by atoms with Crippen molar-refractivity contribution in [1.82, 2.24) is 0 Å². The van der Waals surface area contributed by atoms with Crippen LogP contribution in [0.5, 0.6) is 0 Å². The van der Waals surface area contributed by atoms with Crippen LogP contribution in [0.25, 0.3) is 0 Å². The van der Waals surface area contributed by atoms with Crippen molar-refractivity contribution in [3.05, 3.63) is 33.8 Å². The van der Waals surface area contributed by atoms with Gasteiger partial charge >= 0.3 is 5.97 Å². The lowest BCUT2D eigenvalue weighted by atomic mass is 10.1. The van der Waals surface area contributed by atoms with Crippen LogP contribution in [0.15, 0.2) is 16.6 Å². The van der Waals surface area contributed by atoms with Gasteiger partial charge in [-0.05, 0) is 35.0 Å². The van der Waals surface area contributed by atoms with E-state index in [0.717, 1.165) is 12.1 Å². The van der Waals surface area contributed by atoms with E-state index in [1.807, 2.05) is 0 Å². The van der Waals surface area contributed by atoms with Crippen molar-refractivity contribution in [2.45, 2.75) is 13.0 Å². The number of ether oxygens (including phenoxy) is 2. The standard InChI is InChI=1S/C12H14BrF2NO3/c1-2-19-12(17)6-18-5-11(16)7-3-10(15)8(13)4-9(7)14/h3-4,11H,2,5-6,16H2,1H3. The van der Waals surface area contributed by atoms with Gasteiger partial charge < -0.3 is 15.2 Å². The molecule has 0 radical (unpaired) electrons.